The van der Waals surface area contributed by atoms with Gasteiger partial charge in [-0.25, -0.2) is 4.79 Å². The summed E-state index contributed by atoms with van der Waals surface area (Å²) in [5.74, 6) is -0.387. The van der Waals surface area contributed by atoms with Crippen LogP contribution in [0, 0.1) is 13.8 Å². The van der Waals surface area contributed by atoms with Gasteiger partial charge in [0, 0.05) is 6.42 Å². The summed E-state index contributed by atoms with van der Waals surface area (Å²) < 4.78 is 6.62. The van der Waals surface area contributed by atoms with Crippen molar-refractivity contribution in [1.29, 1.82) is 0 Å². The number of methoxy groups -OCH3 is 1. The standard InChI is InChI=1S/C18H23N3O3/c1-5-8-16(22)19-17-12(2)20-21(13(17)3)11-14-9-6-7-10-15(14)18(23)24-4/h6-7,9-10H,5,8,11H2,1-4H3,(H,19,22). The van der Waals surface area contributed by atoms with Crippen molar-refractivity contribution in [1.82, 2.24) is 9.78 Å². The van der Waals surface area contributed by atoms with E-state index in [-0.39, 0.29) is 11.9 Å². The van der Waals surface area contributed by atoms with Crippen LogP contribution in [0.15, 0.2) is 24.3 Å². The number of esters is 1. The molecule has 1 N–H and O–H groups in total. The van der Waals surface area contributed by atoms with E-state index in [0.717, 1.165) is 29.1 Å². The van der Waals surface area contributed by atoms with E-state index in [9.17, 15) is 9.59 Å². The molecule has 1 amide bonds. The number of rotatable bonds is 6. The summed E-state index contributed by atoms with van der Waals surface area (Å²) in [5.41, 5.74) is 3.69. The van der Waals surface area contributed by atoms with E-state index in [1.54, 1.807) is 16.8 Å². The number of anilines is 1. The van der Waals surface area contributed by atoms with Crippen LogP contribution in [0.2, 0.25) is 0 Å². The van der Waals surface area contributed by atoms with E-state index in [1.165, 1.54) is 7.11 Å². The SMILES string of the molecule is CCCC(=O)Nc1c(C)nn(Cc2ccccc2C(=O)OC)c1C. The van der Waals surface area contributed by atoms with Gasteiger partial charge in [-0.2, -0.15) is 5.10 Å². The number of benzene rings is 1. The molecule has 0 fully saturated rings. The first-order valence-corrected chi connectivity index (χ1v) is 7.98. The summed E-state index contributed by atoms with van der Waals surface area (Å²) in [6, 6.07) is 7.28. The fraction of sp³-hybridized carbons (Fsp3) is 0.389. The van der Waals surface area contributed by atoms with E-state index in [0.29, 0.717) is 18.5 Å². The minimum absolute atomic E-state index is 0.0155. The lowest BCUT2D eigenvalue weighted by Crippen LogP contribution is -2.13. The third-order valence-electron chi connectivity index (χ3n) is 3.87. The number of aryl methyl sites for hydroxylation is 1. The Morgan fingerprint density at radius 2 is 1.96 bits per heavy atom. The van der Waals surface area contributed by atoms with Crippen LogP contribution in [-0.2, 0) is 16.1 Å². The maximum Gasteiger partial charge on any atom is 0.338 e. The molecule has 0 radical (unpaired) electrons. The summed E-state index contributed by atoms with van der Waals surface area (Å²) in [6.07, 6.45) is 1.28. The first kappa shape index (κ1) is 17.7. The van der Waals surface area contributed by atoms with Gasteiger partial charge in [0.2, 0.25) is 5.91 Å². The zero-order valence-corrected chi connectivity index (χ0v) is 14.5. The Bertz CT molecular complexity index is 750. The van der Waals surface area contributed by atoms with Gasteiger partial charge in [-0.05, 0) is 31.9 Å². The van der Waals surface area contributed by atoms with Gasteiger partial charge < -0.3 is 10.1 Å². The van der Waals surface area contributed by atoms with Gasteiger partial charge in [0.05, 0.1) is 36.3 Å². The summed E-state index contributed by atoms with van der Waals surface area (Å²) >= 11 is 0. The number of nitrogens with one attached hydrogen (secondary N) is 1. The molecule has 0 aliphatic rings. The lowest BCUT2D eigenvalue weighted by molar-refractivity contribution is -0.116. The number of carbonyl (C=O) groups is 2. The third-order valence-corrected chi connectivity index (χ3v) is 3.87. The fourth-order valence-corrected chi connectivity index (χ4v) is 2.59. The van der Waals surface area contributed by atoms with Crippen molar-refractivity contribution in [3.63, 3.8) is 0 Å². The maximum atomic E-state index is 11.9. The van der Waals surface area contributed by atoms with Gasteiger partial charge in [0.25, 0.3) is 0 Å². The Hall–Kier alpha value is -2.63. The number of aromatic nitrogens is 2. The molecule has 0 aliphatic heterocycles. The van der Waals surface area contributed by atoms with E-state index in [4.69, 9.17) is 4.74 Å². The molecule has 0 saturated heterocycles. The lowest BCUT2D eigenvalue weighted by Gasteiger charge is -2.10. The average molecular weight is 329 g/mol. The maximum absolute atomic E-state index is 11.9. The van der Waals surface area contributed by atoms with Gasteiger partial charge in [-0.15, -0.1) is 0 Å². The predicted octanol–water partition coefficient (Wildman–Crippen LogP) is 3.07. The normalized spacial score (nSPS) is 10.5. The minimum Gasteiger partial charge on any atom is -0.465 e. The number of ether oxygens (including phenoxy) is 1. The van der Waals surface area contributed by atoms with Crippen LogP contribution in [0.3, 0.4) is 0 Å². The van der Waals surface area contributed by atoms with Crippen molar-refractivity contribution in [2.75, 3.05) is 12.4 Å². The average Bonchev–Trinajstić information content (AvgIpc) is 2.82. The van der Waals surface area contributed by atoms with Crippen molar-refractivity contribution in [2.24, 2.45) is 0 Å². The topological polar surface area (TPSA) is 73.2 Å². The monoisotopic (exact) mass is 329 g/mol. The molecule has 2 rings (SSSR count). The highest BCUT2D eigenvalue weighted by Crippen LogP contribution is 2.22. The Morgan fingerprint density at radius 1 is 1.25 bits per heavy atom. The second kappa shape index (κ2) is 7.77. The van der Waals surface area contributed by atoms with E-state index >= 15 is 0 Å². The molecule has 6 heteroatoms. The van der Waals surface area contributed by atoms with Crippen molar-refractivity contribution in [2.45, 2.75) is 40.2 Å². The van der Waals surface area contributed by atoms with Crippen molar-refractivity contribution in [3.05, 3.63) is 46.8 Å². The van der Waals surface area contributed by atoms with Gasteiger partial charge in [-0.3, -0.25) is 9.48 Å². The lowest BCUT2D eigenvalue weighted by atomic mass is 10.1. The molecule has 1 aromatic carbocycles. The van der Waals surface area contributed by atoms with Crippen molar-refractivity contribution in [3.8, 4) is 0 Å². The molecule has 0 atom stereocenters. The third kappa shape index (κ3) is 3.82. The van der Waals surface area contributed by atoms with Crippen LogP contribution in [0.25, 0.3) is 0 Å². The number of nitrogens with zero attached hydrogens (tertiary/aromatic N) is 2. The molecule has 0 unspecified atom stereocenters. The van der Waals surface area contributed by atoms with Crippen LogP contribution in [0.5, 0.6) is 0 Å². The Balaban J connectivity index is 2.29. The minimum atomic E-state index is -0.372. The predicted molar refractivity (Wildman–Crippen MR) is 92.1 cm³/mol. The zero-order valence-electron chi connectivity index (χ0n) is 14.5. The second-order valence-electron chi connectivity index (χ2n) is 5.65. The number of hydrogen-bond donors (Lipinski definition) is 1. The highest BCUT2D eigenvalue weighted by molar-refractivity contribution is 5.92. The zero-order chi connectivity index (χ0) is 17.7. The molecular weight excluding hydrogens is 306 g/mol. The molecule has 1 aromatic heterocycles. The van der Waals surface area contributed by atoms with Crippen LogP contribution in [-0.4, -0.2) is 28.8 Å². The van der Waals surface area contributed by atoms with Crippen molar-refractivity contribution < 1.29 is 14.3 Å². The van der Waals surface area contributed by atoms with Gasteiger partial charge in [0.1, 0.15) is 0 Å². The largest absolute Gasteiger partial charge is 0.465 e. The van der Waals surface area contributed by atoms with Gasteiger partial charge >= 0.3 is 5.97 Å². The molecule has 24 heavy (non-hydrogen) atoms. The number of amides is 1. The van der Waals surface area contributed by atoms with Crippen molar-refractivity contribution >= 4 is 17.6 Å². The Kier molecular flexibility index (Phi) is 5.73. The van der Waals surface area contributed by atoms with E-state index < -0.39 is 0 Å². The second-order valence-corrected chi connectivity index (χ2v) is 5.65. The molecule has 0 spiro atoms. The summed E-state index contributed by atoms with van der Waals surface area (Å²) in [6.45, 7) is 6.16. The Labute approximate surface area is 141 Å². The fourth-order valence-electron chi connectivity index (χ4n) is 2.59. The number of hydrogen-bond acceptors (Lipinski definition) is 4. The summed E-state index contributed by atoms with van der Waals surface area (Å²) in [7, 11) is 1.36. The first-order valence-electron chi connectivity index (χ1n) is 7.98. The Morgan fingerprint density at radius 3 is 2.62 bits per heavy atom. The molecule has 0 aliphatic carbocycles. The molecular formula is C18H23N3O3. The molecule has 1 heterocycles. The highest BCUT2D eigenvalue weighted by atomic mass is 16.5. The molecule has 0 saturated carbocycles. The van der Waals surface area contributed by atoms with Gasteiger partial charge in [0.15, 0.2) is 0 Å². The van der Waals surface area contributed by atoms with Crippen LogP contribution >= 0.6 is 0 Å². The summed E-state index contributed by atoms with van der Waals surface area (Å²) in [4.78, 5) is 23.7. The highest BCUT2D eigenvalue weighted by Gasteiger charge is 2.16. The van der Waals surface area contributed by atoms with Crippen LogP contribution in [0.4, 0.5) is 5.69 Å². The molecule has 0 bridgehead atoms. The quantitative estimate of drug-likeness (QED) is 0.827. The smallest absolute Gasteiger partial charge is 0.338 e. The first-order chi connectivity index (χ1) is 11.5. The molecule has 6 nitrogen and oxygen atoms in total. The van der Waals surface area contributed by atoms with Crippen LogP contribution in [0.1, 0.15) is 47.1 Å². The van der Waals surface area contributed by atoms with Gasteiger partial charge in [-0.1, -0.05) is 25.1 Å². The summed E-state index contributed by atoms with van der Waals surface area (Å²) in [5, 5.41) is 7.41. The van der Waals surface area contributed by atoms with Crippen LogP contribution < -0.4 is 5.32 Å². The number of carbonyl (C=O) groups excluding carboxylic acids is 2. The van der Waals surface area contributed by atoms with E-state index in [2.05, 4.69) is 10.4 Å². The van der Waals surface area contributed by atoms with E-state index in [1.807, 2.05) is 32.9 Å². The molecule has 2 aromatic rings. The molecule has 128 valence electrons.